The highest BCUT2D eigenvalue weighted by Crippen LogP contribution is 2.13. The van der Waals surface area contributed by atoms with Crippen LogP contribution in [0.4, 0.5) is 0 Å². The average Bonchev–Trinajstić information content (AvgIpc) is 1.94. The largest absolute Gasteiger partial charge is 0.307 e. The second-order valence-electron chi connectivity index (χ2n) is 1.97. The molecule has 0 bridgehead atoms. The fourth-order valence-corrected chi connectivity index (χ4v) is 0.954. The maximum absolute atomic E-state index is 5.81. The summed E-state index contributed by atoms with van der Waals surface area (Å²) < 4.78 is 0. The SMILES string of the molecule is [CH]NCc1ccccc1Cl. The van der Waals surface area contributed by atoms with Crippen LogP contribution in [-0.4, -0.2) is 0 Å². The first-order chi connectivity index (χ1) is 4.84. The number of rotatable bonds is 2. The number of nitrogens with one attached hydrogen (secondary N) is 1. The summed E-state index contributed by atoms with van der Waals surface area (Å²) in [7, 11) is 5.12. The minimum atomic E-state index is 0.611. The van der Waals surface area contributed by atoms with Crippen molar-refractivity contribution in [2.24, 2.45) is 0 Å². The van der Waals surface area contributed by atoms with Crippen LogP contribution in [0.15, 0.2) is 24.3 Å². The molecule has 1 N–H and O–H groups in total. The van der Waals surface area contributed by atoms with E-state index in [4.69, 9.17) is 18.6 Å². The van der Waals surface area contributed by atoms with Gasteiger partial charge in [-0.3, -0.25) is 0 Å². The first-order valence-electron chi connectivity index (χ1n) is 3.01. The summed E-state index contributed by atoms with van der Waals surface area (Å²) in [5.41, 5.74) is 1.02. The van der Waals surface area contributed by atoms with E-state index in [0.29, 0.717) is 6.54 Å². The fourth-order valence-electron chi connectivity index (χ4n) is 0.752. The van der Waals surface area contributed by atoms with Crippen molar-refractivity contribution >= 4 is 11.6 Å². The van der Waals surface area contributed by atoms with Crippen molar-refractivity contribution in [2.75, 3.05) is 0 Å². The summed E-state index contributed by atoms with van der Waals surface area (Å²) in [5, 5.41) is 3.29. The zero-order valence-corrected chi connectivity index (χ0v) is 6.23. The van der Waals surface area contributed by atoms with Crippen LogP contribution in [0.5, 0.6) is 0 Å². The predicted molar refractivity (Wildman–Crippen MR) is 42.6 cm³/mol. The topological polar surface area (TPSA) is 12.0 Å². The van der Waals surface area contributed by atoms with E-state index in [1.54, 1.807) is 0 Å². The fraction of sp³-hybridized carbons (Fsp3) is 0.125. The molecule has 0 fully saturated rings. The minimum absolute atomic E-state index is 0.611. The summed E-state index contributed by atoms with van der Waals surface area (Å²) >= 11 is 5.81. The van der Waals surface area contributed by atoms with Crippen LogP contribution in [0.3, 0.4) is 0 Å². The molecule has 52 valence electrons. The highest BCUT2D eigenvalue weighted by molar-refractivity contribution is 6.31. The van der Waals surface area contributed by atoms with Crippen molar-refractivity contribution in [1.82, 2.24) is 5.32 Å². The van der Waals surface area contributed by atoms with Crippen LogP contribution in [0, 0.1) is 7.05 Å². The molecular formula is C8H8ClN. The number of hydrogen-bond acceptors (Lipinski definition) is 1. The number of halogens is 1. The third-order valence-corrected chi connectivity index (χ3v) is 1.62. The van der Waals surface area contributed by atoms with E-state index < -0.39 is 0 Å². The van der Waals surface area contributed by atoms with Gasteiger partial charge in [0.15, 0.2) is 0 Å². The van der Waals surface area contributed by atoms with Gasteiger partial charge in [0.25, 0.3) is 0 Å². The highest BCUT2D eigenvalue weighted by Gasteiger charge is 1.94. The summed E-state index contributed by atoms with van der Waals surface area (Å²) in [6.45, 7) is 0.611. The Labute approximate surface area is 66.0 Å². The Morgan fingerprint density at radius 1 is 1.40 bits per heavy atom. The molecule has 2 radical (unpaired) electrons. The van der Waals surface area contributed by atoms with Crippen molar-refractivity contribution < 1.29 is 0 Å². The van der Waals surface area contributed by atoms with Crippen molar-refractivity contribution in [3.63, 3.8) is 0 Å². The Morgan fingerprint density at radius 2 is 2.10 bits per heavy atom. The Bertz CT molecular complexity index is 210. The molecule has 0 saturated carbocycles. The van der Waals surface area contributed by atoms with E-state index in [9.17, 15) is 0 Å². The molecule has 2 heteroatoms. The van der Waals surface area contributed by atoms with Gasteiger partial charge in [0, 0.05) is 18.6 Å². The smallest absolute Gasteiger partial charge is 0.0450 e. The van der Waals surface area contributed by atoms with E-state index in [0.717, 1.165) is 10.6 Å². The van der Waals surface area contributed by atoms with Gasteiger partial charge in [-0.2, -0.15) is 0 Å². The predicted octanol–water partition coefficient (Wildman–Crippen LogP) is 2.10. The monoisotopic (exact) mass is 153 g/mol. The van der Waals surface area contributed by atoms with Crippen molar-refractivity contribution in [3.8, 4) is 0 Å². The highest BCUT2D eigenvalue weighted by atomic mass is 35.5. The Balaban J connectivity index is 2.81. The van der Waals surface area contributed by atoms with Crippen molar-refractivity contribution in [1.29, 1.82) is 0 Å². The molecule has 0 aromatic heterocycles. The van der Waals surface area contributed by atoms with Crippen LogP contribution in [0.25, 0.3) is 0 Å². The maximum atomic E-state index is 5.81. The van der Waals surface area contributed by atoms with E-state index in [2.05, 4.69) is 5.32 Å². The van der Waals surface area contributed by atoms with E-state index in [1.165, 1.54) is 0 Å². The van der Waals surface area contributed by atoms with Gasteiger partial charge < -0.3 is 5.32 Å². The third kappa shape index (κ3) is 1.72. The van der Waals surface area contributed by atoms with Crippen LogP contribution in [-0.2, 0) is 6.54 Å². The van der Waals surface area contributed by atoms with Gasteiger partial charge in [-0.15, -0.1) is 0 Å². The third-order valence-electron chi connectivity index (χ3n) is 1.25. The quantitative estimate of drug-likeness (QED) is 0.642. The first-order valence-corrected chi connectivity index (χ1v) is 3.39. The van der Waals surface area contributed by atoms with Gasteiger partial charge in [-0.25, -0.2) is 0 Å². The van der Waals surface area contributed by atoms with Gasteiger partial charge >= 0.3 is 0 Å². The Hall–Kier alpha value is -0.530. The van der Waals surface area contributed by atoms with Gasteiger partial charge in [0.2, 0.25) is 0 Å². The van der Waals surface area contributed by atoms with E-state index in [1.807, 2.05) is 24.3 Å². The van der Waals surface area contributed by atoms with E-state index in [-0.39, 0.29) is 0 Å². The Kier molecular flexibility index (Phi) is 2.72. The molecule has 1 aromatic carbocycles. The molecule has 0 atom stereocenters. The summed E-state index contributed by atoms with van der Waals surface area (Å²) in [4.78, 5) is 0. The molecule has 1 nitrogen and oxygen atoms in total. The lowest BCUT2D eigenvalue weighted by Gasteiger charge is -2.00. The molecule has 0 amide bonds. The second kappa shape index (κ2) is 3.59. The van der Waals surface area contributed by atoms with Crippen LogP contribution in [0.1, 0.15) is 5.56 Å². The molecular weight excluding hydrogens is 146 g/mol. The molecule has 0 aliphatic heterocycles. The molecule has 0 spiro atoms. The summed E-state index contributed by atoms with van der Waals surface area (Å²) in [5.74, 6) is 0. The lowest BCUT2D eigenvalue weighted by molar-refractivity contribution is 0.866. The van der Waals surface area contributed by atoms with Crippen LogP contribution in [0.2, 0.25) is 5.02 Å². The zero-order chi connectivity index (χ0) is 7.40. The molecule has 0 unspecified atom stereocenters. The lowest BCUT2D eigenvalue weighted by Crippen LogP contribution is -2.02. The van der Waals surface area contributed by atoms with Crippen molar-refractivity contribution in [2.45, 2.75) is 6.54 Å². The average molecular weight is 154 g/mol. The molecule has 0 heterocycles. The zero-order valence-electron chi connectivity index (χ0n) is 5.47. The Morgan fingerprint density at radius 3 is 2.70 bits per heavy atom. The standard InChI is InChI=1S/C8H8ClN/c1-10-6-7-4-2-3-5-8(7)9/h1-5,10H,6H2. The number of benzene rings is 1. The second-order valence-corrected chi connectivity index (χ2v) is 2.38. The molecule has 10 heavy (non-hydrogen) atoms. The van der Waals surface area contributed by atoms with Gasteiger partial charge in [0.1, 0.15) is 0 Å². The molecule has 1 aromatic rings. The van der Waals surface area contributed by atoms with E-state index >= 15 is 0 Å². The maximum Gasteiger partial charge on any atom is 0.0450 e. The summed E-state index contributed by atoms with van der Waals surface area (Å²) in [6.07, 6.45) is 0. The molecule has 0 aliphatic carbocycles. The minimum Gasteiger partial charge on any atom is -0.307 e. The first kappa shape index (κ1) is 7.58. The van der Waals surface area contributed by atoms with Gasteiger partial charge in [-0.1, -0.05) is 29.8 Å². The molecule has 0 saturated heterocycles. The van der Waals surface area contributed by atoms with Gasteiger partial charge in [-0.05, 0) is 11.6 Å². The molecule has 0 aliphatic rings. The van der Waals surface area contributed by atoms with Gasteiger partial charge in [0.05, 0.1) is 0 Å². The molecule has 1 rings (SSSR count). The number of hydrogen-bond donors (Lipinski definition) is 1. The van der Waals surface area contributed by atoms with Crippen molar-refractivity contribution in [3.05, 3.63) is 41.9 Å². The summed E-state index contributed by atoms with van der Waals surface area (Å²) in [6, 6.07) is 7.59. The normalized spacial score (nSPS) is 9.80. The van der Waals surface area contributed by atoms with Crippen LogP contribution >= 0.6 is 11.6 Å². The van der Waals surface area contributed by atoms with Crippen LogP contribution < -0.4 is 5.32 Å². The lowest BCUT2D eigenvalue weighted by atomic mass is 10.2.